The Morgan fingerprint density at radius 3 is 1.76 bits per heavy atom. The van der Waals surface area contributed by atoms with Crippen LogP contribution in [0.5, 0.6) is 0 Å². The molecule has 4 atom stereocenters. The summed E-state index contributed by atoms with van der Waals surface area (Å²) in [7, 11) is 3.10. The quantitative estimate of drug-likeness (QED) is 0.147. The van der Waals surface area contributed by atoms with Crippen LogP contribution in [0.2, 0.25) is 0 Å². The molecular formula is C41H66N4O9. The number of carboxylic acids is 1. The maximum Gasteiger partial charge on any atom is 0.410 e. The summed E-state index contributed by atoms with van der Waals surface area (Å²) in [5, 5.41) is 14.8. The van der Waals surface area contributed by atoms with Gasteiger partial charge in [-0.15, -0.1) is 0 Å². The molecule has 4 amide bonds. The molecule has 0 aliphatic rings. The molecule has 0 aliphatic heterocycles. The van der Waals surface area contributed by atoms with Crippen LogP contribution >= 0.6 is 0 Å². The van der Waals surface area contributed by atoms with Gasteiger partial charge in [-0.1, -0.05) is 84.9 Å². The lowest BCUT2D eigenvalue weighted by Gasteiger charge is -2.42. The van der Waals surface area contributed by atoms with Crippen molar-refractivity contribution in [1.29, 1.82) is 0 Å². The van der Waals surface area contributed by atoms with Crippen LogP contribution in [0.3, 0.4) is 0 Å². The lowest BCUT2D eigenvalue weighted by molar-refractivity contribution is -0.158. The molecule has 0 aromatic heterocycles. The van der Waals surface area contributed by atoms with Crippen molar-refractivity contribution in [2.24, 2.45) is 11.3 Å². The fourth-order valence-corrected chi connectivity index (χ4v) is 5.92. The Morgan fingerprint density at radius 2 is 1.31 bits per heavy atom. The lowest BCUT2D eigenvalue weighted by atomic mass is 9.76. The van der Waals surface area contributed by atoms with Crippen LogP contribution in [0.15, 0.2) is 42.0 Å². The number of benzene rings is 1. The Hall–Kier alpha value is -4.42. The van der Waals surface area contributed by atoms with Crippen molar-refractivity contribution in [2.45, 2.75) is 151 Å². The zero-order chi connectivity index (χ0) is 42.1. The van der Waals surface area contributed by atoms with Crippen LogP contribution in [-0.2, 0) is 38.9 Å². The van der Waals surface area contributed by atoms with Crippen molar-refractivity contribution in [1.82, 2.24) is 20.4 Å². The van der Waals surface area contributed by atoms with E-state index in [1.54, 1.807) is 54.7 Å². The number of nitrogens with one attached hydrogen (secondary N) is 2. The van der Waals surface area contributed by atoms with Gasteiger partial charge in [-0.05, 0) is 71.8 Å². The summed E-state index contributed by atoms with van der Waals surface area (Å²) in [5.74, 6) is -3.69. The maximum absolute atomic E-state index is 14.5. The van der Waals surface area contributed by atoms with Gasteiger partial charge < -0.3 is 30.1 Å². The Morgan fingerprint density at radius 1 is 0.796 bits per heavy atom. The SMILES string of the molecule is C/C(=C\[C@H](C(C)C)N(C)C(=O)C(NC(=O)[C@@H](N(C)C(=O)OC(C)(C)C)C(C)(C)c1ccccc1)C(C)(C)C)C(=O)N[C@H](CCC(=O)O)C(=O)OC(C)(C)C. The van der Waals surface area contributed by atoms with Crippen molar-refractivity contribution in [3.63, 3.8) is 0 Å². The zero-order valence-electron chi connectivity index (χ0n) is 35.4. The number of hydrogen-bond donors (Lipinski definition) is 3. The molecular weight excluding hydrogens is 692 g/mol. The van der Waals surface area contributed by atoms with Crippen LogP contribution in [-0.4, -0.2) is 100 Å². The molecule has 0 bridgehead atoms. The number of rotatable bonds is 15. The topological polar surface area (TPSA) is 172 Å². The standard InChI is InChI=1S/C41H66N4O9/c1-25(2)29(24-26(3)33(48)42-28(22-23-30(46)47)36(51)53-39(7,8)9)44(15)35(50)31(38(4,5)6)43-34(49)32(45(16)37(52)54-40(10,11)12)41(13,14)27-20-18-17-19-21-27/h17-21,24-25,28-29,31-32H,22-23H2,1-16H3,(H,42,48)(H,43,49)(H,46,47)/b26-24+/t28-,29-,31?,32-/m1/s1. The average molecular weight is 759 g/mol. The second-order valence-corrected chi connectivity index (χ2v) is 17.9. The van der Waals surface area contributed by atoms with Gasteiger partial charge in [-0.2, -0.15) is 0 Å². The Labute approximate surface area is 322 Å². The normalized spacial score (nSPS) is 14.9. The highest BCUT2D eigenvalue weighted by atomic mass is 16.6. The van der Waals surface area contributed by atoms with Gasteiger partial charge in [0, 0.05) is 31.5 Å². The van der Waals surface area contributed by atoms with Crippen molar-refractivity contribution in [2.75, 3.05) is 14.1 Å². The molecule has 13 nitrogen and oxygen atoms in total. The number of hydrogen-bond acceptors (Lipinski definition) is 8. The van der Waals surface area contributed by atoms with Gasteiger partial charge in [-0.25, -0.2) is 9.59 Å². The monoisotopic (exact) mass is 758 g/mol. The molecule has 0 radical (unpaired) electrons. The molecule has 0 fully saturated rings. The predicted octanol–water partition coefficient (Wildman–Crippen LogP) is 5.85. The summed E-state index contributed by atoms with van der Waals surface area (Å²) in [6.07, 6.45) is 0.377. The summed E-state index contributed by atoms with van der Waals surface area (Å²) >= 11 is 0. The molecule has 0 saturated carbocycles. The van der Waals surface area contributed by atoms with E-state index in [2.05, 4.69) is 10.6 Å². The number of esters is 1. The summed E-state index contributed by atoms with van der Waals surface area (Å²) in [5.41, 5.74) is -2.41. The molecule has 0 heterocycles. The van der Waals surface area contributed by atoms with E-state index in [0.717, 1.165) is 5.56 Å². The largest absolute Gasteiger partial charge is 0.481 e. The third kappa shape index (κ3) is 14.4. The Bertz CT molecular complexity index is 1520. The first-order valence-electron chi connectivity index (χ1n) is 18.4. The molecule has 0 aliphatic carbocycles. The summed E-state index contributed by atoms with van der Waals surface area (Å²) in [6, 6.07) is 5.32. The zero-order valence-corrected chi connectivity index (χ0v) is 35.4. The Balaban J connectivity index is 3.56. The highest BCUT2D eigenvalue weighted by Gasteiger charge is 2.46. The van der Waals surface area contributed by atoms with E-state index in [9.17, 15) is 33.9 Å². The van der Waals surface area contributed by atoms with Gasteiger partial charge in [0.05, 0.1) is 6.04 Å². The van der Waals surface area contributed by atoms with Gasteiger partial charge in [0.2, 0.25) is 17.7 Å². The number of carbonyl (C=O) groups excluding carboxylic acids is 5. The third-order valence-corrected chi connectivity index (χ3v) is 8.82. The van der Waals surface area contributed by atoms with E-state index in [0.29, 0.717) is 0 Å². The van der Waals surface area contributed by atoms with E-state index in [1.165, 1.54) is 23.8 Å². The minimum atomic E-state index is -1.21. The minimum absolute atomic E-state index is 0.173. The van der Waals surface area contributed by atoms with Crippen LogP contribution < -0.4 is 10.6 Å². The van der Waals surface area contributed by atoms with Crippen LogP contribution in [0.1, 0.15) is 115 Å². The molecule has 1 rings (SSSR count). The summed E-state index contributed by atoms with van der Waals surface area (Å²) in [6.45, 7) is 24.7. The van der Waals surface area contributed by atoms with E-state index < -0.39 is 82.0 Å². The van der Waals surface area contributed by atoms with Crippen LogP contribution in [0, 0.1) is 11.3 Å². The molecule has 54 heavy (non-hydrogen) atoms. The fourth-order valence-electron chi connectivity index (χ4n) is 5.92. The predicted molar refractivity (Wildman–Crippen MR) is 208 cm³/mol. The third-order valence-electron chi connectivity index (χ3n) is 8.82. The second kappa shape index (κ2) is 18.8. The van der Waals surface area contributed by atoms with E-state index in [4.69, 9.17) is 9.47 Å². The first-order chi connectivity index (χ1) is 24.4. The van der Waals surface area contributed by atoms with Gasteiger partial charge in [0.1, 0.15) is 29.3 Å². The number of carboxylic acid groups (broad SMARTS) is 1. The van der Waals surface area contributed by atoms with E-state index >= 15 is 0 Å². The second-order valence-electron chi connectivity index (χ2n) is 17.9. The number of amides is 4. The maximum atomic E-state index is 14.5. The number of likely N-dealkylation sites (N-methyl/N-ethyl adjacent to an activating group) is 2. The minimum Gasteiger partial charge on any atom is -0.481 e. The van der Waals surface area contributed by atoms with Gasteiger partial charge in [0.25, 0.3) is 0 Å². The smallest absolute Gasteiger partial charge is 0.410 e. The molecule has 13 heteroatoms. The van der Waals surface area contributed by atoms with Crippen molar-refractivity contribution >= 4 is 35.8 Å². The summed E-state index contributed by atoms with van der Waals surface area (Å²) in [4.78, 5) is 82.7. The molecule has 1 unspecified atom stereocenters. The molecule has 1 aromatic rings. The first kappa shape index (κ1) is 47.6. The average Bonchev–Trinajstić information content (AvgIpc) is 3.01. The first-order valence-corrected chi connectivity index (χ1v) is 18.4. The molecule has 304 valence electrons. The van der Waals surface area contributed by atoms with E-state index in [-0.39, 0.29) is 24.3 Å². The van der Waals surface area contributed by atoms with Crippen molar-refractivity contribution < 1.29 is 43.3 Å². The number of ether oxygens (including phenoxy) is 2. The highest BCUT2D eigenvalue weighted by Crippen LogP contribution is 2.32. The van der Waals surface area contributed by atoms with Gasteiger partial charge in [-0.3, -0.25) is 24.1 Å². The van der Waals surface area contributed by atoms with Gasteiger partial charge in [0.15, 0.2) is 0 Å². The summed E-state index contributed by atoms with van der Waals surface area (Å²) < 4.78 is 11.1. The number of nitrogens with zero attached hydrogens (tertiary/aromatic N) is 2. The van der Waals surface area contributed by atoms with E-state index in [1.807, 2.05) is 78.8 Å². The highest BCUT2D eigenvalue weighted by molar-refractivity contribution is 5.96. The van der Waals surface area contributed by atoms with Crippen molar-refractivity contribution in [3.8, 4) is 0 Å². The lowest BCUT2D eigenvalue weighted by Crippen LogP contribution is -2.63. The molecule has 3 N–H and O–H groups in total. The van der Waals surface area contributed by atoms with Crippen molar-refractivity contribution in [3.05, 3.63) is 47.5 Å². The molecule has 0 spiro atoms. The number of carbonyl (C=O) groups is 6. The van der Waals surface area contributed by atoms with Crippen LogP contribution in [0.25, 0.3) is 0 Å². The Kier molecular flexibility index (Phi) is 16.5. The number of aliphatic carboxylic acids is 1. The van der Waals surface area contributed by atoms with Crippen LogP contribution in [0.4, 0.5) is 4.79 Å². The molecule has 1 aromatic carbocycles. The van der Waals surface area contributed by atoms with Gasteiger partial charge >= 0.3 is 18.0 Å². The molecule has 0 saturated heterocycles. The fraction of sp³-hybridized carbons (Fsp3) is 0.659.